The summed E-state index contributed by atoms with van der Waals surface area (Å²) in [4.78, 5) is 3.87. The summed E-state index contributed by atoms with van der Waals surface area (Å²) in [7, 11) is 2.13. The van der Waals surface area contributed by atoms with E-state index >= 15 is 0 Å². The zero-order valence-corrected chi connectivity index (χ0v) is 26.6. The largest absolute Gasteiger partial charge is 0.495 e. The molecule has 0 atom stereocenters. The Morgan fingerprint density at radius 1 is 0.659 bits per heavy atom. The van der Waals surface area contributed by atoms with Crippen molar-refractivity contribution in [2.45, 2.75) is 15.5 Å². The number of benzene rings is 3. The summed E-state index contributed by atoms with van der Waals surface area (Å²) in [5, 5.41) is 1.14. The van der Waals surface area contributed by atoms with E-state index in [0.717, 1.165) is 5.75 Å². The van der Waals surface area contributed by atoms with Gasteiger partial charge in [0.15, 0.2) is 21.3 Å². The first kappa shape index (κ1) is 34.5. The van der Waals surface area contributed by atoms with E-state index in [1.165, 1.54) is 44.7 Å². The quantitative estimate of drug-likeness (QED) is 0.187. The number of ether oxygens (including phenoxy) is 3. The SMILES string of the molecule is COc1c(Cl)cccc1S(=O)(=O)Cc1cccnc1.COc1c(Cl)cccc1S(=O)(=O)Cl.COc1ccccc1Cl. The van der Waals surface area contributed by atoms with Crippen molar-refractivity contribution in [2.75, 3.05) is 21.3 Å². The Hall–Kier alpha value is -2.73. The molecule has 0 radical (unpaired) electrons. The Bertz CT molecular complexity index is 1650. The summed E-state index contributed by atoms with van der Waals surface area (Å²) in [5.74, 6) is 0.823. The zero-order chi connectivity index (χ0) is 30.6. The molecule has 0 aliphatic heterocycles. The third-order valence-electron chi connectivity index (χ3n) is 5.00. The monoisotopic (exact) mass is 679 g/mol. The number of halogens is 4. The number of para-hydroxylation sites is 3. The fourth-order valence-electron chi connectivity index (χ4n) is 3.20. The van der Waals surface area contributed by atoms with Crippen LogP contribution in [0.3, 0.4) is 0 Å². The van der Waals surface area contributed by atoms with Crippen LogP contribution in [-0.4, -0.2) is 43.1 Å². The van der Waals surface area contributed by atoms with Crippen LogP contribution in [0.1, 0.15) is 5.56 Å². The average Bonchev–Trinajstić information content (AvgIpc) is 2.93. The Labute approximate surface area is 259 Å². The van der Waals surface area contributed by atoms with Crippen molar-refractivity contribution in [2.24, 2.45) is 0 Å². The molecule has 0 unspecified atom stereocenters. The highest BCUT2D eigenvalue weighted by Crippen LogP contribution is 2.34. The first-order chi connectivity index (χ1) is 19.3. The second-order valence-corrected chi connectivity index (χ2v) is 13.4. The summed E-state index contributed by atoms with van der Waals surface area (Å²) < 4.78 is 61.5. The van der Waals surface area contributed by atoms with Crippen LogP contribution in [-0.2, 0) is 24.6 Å². The number of methoxy groups -OCH3 is 3. The number of aromatic nitrogens is 1. The van der Waals surface area contributed by atoms with Crippen molar-refractivity contribution in [3.05, 3.63) is 106 Å². The second-order valence-electron chi connectivity index (χ2n) is 7.74. The van der Waals surface area contributed by atoms with Crippen molar-refractivity contribution < 1.29 is 31.0 Å². The van der Waals surface area contributed by atoms with E-state index < -0.39 is 18.9 Å². The molecule has 0 fully saturated rings. The first-order valence-electron chi connectivity index (χ1n) is 11.4. The molecule has 220 valence electrons. The summed E-state index contributed by atoms with van der Waals surface area (Å²) in [5.41, 5.74) is 0.615. The van der Waals surface area contributed by atoms with E-state index in [0.29, 0.717) is 10.6 Å². The van der Waals surface area contributed by atoms with Crippen LogP contribution in [0.2, 0.25) is 15.1 Å². The highest BCUT2D eigenvalue weighted by Gasteiger charge is 2.22. The third kappa shape index (κ3) is 10.2. The van der Waals surface area contributed by atoms with Crippen molar-refractivity contribution in [1.82, 2.24) is 4.98 Å². The van der Waals surface area contributed by atoms with E-state index in [2.05, 4.69) is 4.98 Å². The van der Waals surface area contributed by atoms with Gasteiger partial charge in [-0.3, -0.25) is 4.98 Å². The zero-order valence-electron chi connectivity index (χ0n) is 21.9. The molecule has 0 aliphatic rings. The lowest BCUT2D eigenvalue weighted by molar-refractivity contribution is 0.403. The number of pyridine rings is 1. The molecule has 0 aliphatic carbocycles. The topological polar surface area (TPSA) is 109 Å². The van der Waals surface area contributed by atoms with Gasteiger partial charge in [-0.2, -0.15) is 0 Å². The molecular weight excluding hydrogens is 656 g/mol. The summed E-state index contributed by atoms with van der Waals surface area (Å²) in [6, 6.07) is 19.7. The lowest BCUT2D eigenvalue weighted by Gasteiger charge is -2.10. The molecule has 0 N–H and O–H groups in total. The molecule has 14 heteroatoms. The maximum absolute atomic E-state index is 12.4. The van der Waals surface area contributed by atoms with E-state index in [4.69, 9.17) is 59.7 Å². The fourth-order valence-corrected chi connectivity index (χ4v) is 6.58. The van der Waals surface area contributed by atoms with Gasteiger partial charge in [-0.05, 0) is 48.0 Å². The van der Waals surface area contributed by atoms with Crippen LogP contribution in [0.25, 0.3) is 0 Å². The highest BCUT2D eigenvalue weighted by atomic mass is 35.7. The maximum atomic E-state index is 12.4. The Kier molecular flexibility index (Phi) is 13.5. The summed E-state index contributed by atoms with van der Waals surface area (Å²) >= 11 is 17.3. The van der Waals surface area contributed by atoms with Gasteiger partial charge in [0.05, 0.1) is 42.2 Å². The Morgan fingerprint density at radius 2 is 1.20 bits per heavy atom. The summed E-state index contributed by atoms with van der Waals surface area (Å²) in [6.07, 6.45) is 3.12. The van der Waals surface area contributed by atoms with Crippen LogP contribution >= 0.6 is 45.5 Å². The summed E-state index contributed by atoms with van der Waals surface area (Å²) in [6.45, 7) is 0. The van der Waals surface area contributed by atoms with Crippen LogP contribution < -0.4 is 14.2 Å². The minimum Gasteiger partial charge on any atom is -0.495 e. The smallest absolute Gasteiger partial charge is 0.265 e. The van der Waals surface area contributed by atoms with Gasteiger partial charge in [0, 0.05) is 23.1 Å². The molecule has 0 saturated carbocycles. The van der Waals surface area contributed by atoms with Crippen molar-refractivity contribution in [1.29, 1.82) is 0 Å². The van der Waals surface area contributed by atoms with E-state index in [9.17, 15) is 16.8 Å². The molecule has 1 aromatic heterocycles. The predicted molar refractivity (Wildman–Crippen MR) is 162 cm³/mol. The lowest BCUT2D eigenvalue weighted by Crippen LogP contribution is -2.07. The van der Waals surface area contributed by atoms with Gasteiger partial charge < -0.3 is 14.2 Å². The number of rotatable bonds is 7. The second kappa shape index (κ2) is 16.1. The number of nitrogens with zero attached hydrogens (tertiary/aromatic N) is 1. The molecule has 0 amide bonds. The van der Waals surface area contributed by atoms with Crippen LogP contribution in [0.4, 0.5) is 0 Å². The van der Waals surface area contributed by atoms with Gasteiger partial charge in [-0.25, -0.2) is 16.8 Å². The Balaban J connectivity index is 0.000000232. The van der Waals surface area contributed by atoms with Gasteiger partial charge in [0.2, 0.25) is 0 Å². The highest BCUT2D eigenvalue weighted by molar-refractivity contribution is 8.13. The molecule has 0 saturated heterocycles. The van der Waals surface area contributed by atoms with Crippen molar-refractivity contribution in [3.63, 3.8) is 0 Å². The van der Waals surface area contributed by atoms with Gasteiger partial charge in [-0.15, -0.1) is 0 Å². The molecule has 41 heavy (non-hydrogen) atoms. The number of hydrogen-bond acceptors (Lipinski definition) is 8. The average molecular weight is 681 g/mol. The lowest BCUT2D eigenvalue weighted by atomic mass is 10.3. The minimum absolute atomic E-state index is 0.0687. The maximum Gasteiger partial charge on any atom is 0.265 e. The number of hydrogen-bond donors (Lipinski definition) is 0. The molecule has 3 aromatic carbocycles. The van der Waals surface area contributed by atoms with Gasteiger partial charge in [0.1, 0.15) is 15.5 Å². The van der Waals surface area contributed by atoms with Crippen LogP contribution in [0.15, 0.2) is 95.0 Å². The van der Waals surface area contributed by atoms with Crippen LogP contribution in [0, 0.1) is 0 Å². The van der Waals surface area contributed by atoms with Gasteiger partial charge in [-0.1, -0.05) is 65.1 Å². The molecule has 4 aromatic rings. The van der Waals surface area contributed by atoms with Gasteiger partial charge >= 0.3 is 0 Å². The Morgan fingerprint density at radius 3 is 1.63 bits per heavy atom. The molecule has 0 bridgehead atoms. The van der Waals surface area contributed by atoms with E-state index in [1.807, 2.05) is 18.2 Å². The van der Waals surface area contributed by atoms with Crippen molar-refractivity contribution >= 4 is 64.4 Å². The van der Waals surface area contributed by atoms with Crippen LogP contribution in [0.5, 0.6) is 17.2 Å². The number of sulfone groups is 1. The van der Waals surface area contributed by atoms with Gasteiger partial charge in [0.25, 0.3) is 9.05 Å². The molecular formula is C27H25Cl4NO7S2. The van der Waals surface area contributed by atoms with E-state index in [-0.39, 0.29) is 37.1 Å². The van der Waals surface area contributed by atoms with Crippen molar-refractivity contribution in [3.8, 4) is 17.2 Å². The third-order valence-corrected chi connectivity index (χ3v) is 8.96. The molecule has 0 spiro atoms. The minimum atomic E-state index is -3.81. The first-order valence-corrected chi connectivity index (χ1v) is 16.4. The normalized spacial score (nSPS) is 10.8. The predicted octanol–water partition coefficient (Wildman–Crippen LogP) is 7.34. The molecule has 8 nitrogen and oxygen atoms in total. The van der Waals surface area contributed by atoms with E-state index in [1.54, 1.807) is 43.6 Å². The fraction of sp³-hybridized carbons (Fsp3) is 0.148. The molecule has 1 heterocycles. The standard InChI is InChI=1S/C13H12ClNO3S.C7H6Cl2O3S.C7H7ClO/c1-18-13-11(14)5-2-6-12(13)19(16,17)9-10-4-3-7-15-8-10;1-12-7-5(8)3-2-4-6(7)13(9,10)11;1-9-7-5-3-2-4-6(7)8/h2-8H,9H2,1H3;2-4H,1H3;2-5H,1H3. The molecule has 4 rings (SSSR count).